The summed E-state index contributed by atoms with van der Waals surface area (Å²) in [5, 5.41) is 3.54. The zero-order valence-corrected chi connectivity index (χ0v) is 11.2. The van der Waals surface area contributed by atoms with Gasteiger partial charge in [-0.3, -0.25) is 0 Å². The number of hydrogen-bond acceptors (Lipinski definition) is 1. The average Bonchev–Trinajstić information content (AvgIpc) is 2.29. The van der Waals surface area contributed by atoms with Crippen molar-refractivity contribution in [2.45, 2.75) is 46.1 Å². The van der Waals surface area contributed by atoms with Gasteiger partial charge in [0.2, 0.25) is 0 Å². The van der Waals surface area contributed by atoms with Crippen LogP contribution in [0.2, 0.25) is 0 Å². The van der Waals surface area contributed by atoms with Crippen LogP contribution in [0.5, 0.6) is 0 Å². The molecule has 0 aliphatic carbocycles. The SMILES string of the molecule is CC#CCCC(Cc1cccc(C)c1)NCC. The molecule has 0 aromatic heterocycles. The zero-order chi connectivity index (χ0) is 12.5. The molecule has 1 rings (SSSR count). The summed E-state index contributed by atoms with van der Waals surface area (Å²) in [5.41, 5.74) is 2.76. The highest BCUT2D eigenvalue weighted by Gasteiger charge is 2.07. The van der Waals surface area contributed by atoms with Crippen LogP contribution in [0.3, 0.4) is 0 Å². The van der Waals surface area contributed by atoms with E-state index in [9.17, 15) is 0 Å². The van der Waals surface area contributed by atoms with E-state index >= 15 is 0 Å². The second kappa shape index (κ2) is 7.92. The van der Waals surface area contributed by atoms with Gasteiger partial charge in [0, 0.05) is 12.5 Å². The summed E-state index contributed by atoms with van der Waals surface area (Å²) in [5.74, 6) is 6.10. The maximum absolute atomic E-state index is 3.54. The third-order valence-electron chi connectivity index (χ3n) is 2.85. The summed E-state index contributed by atoms with van der Waals surface area (Å²) in [6, 6.07) is 9.31. The van der Waals surface area contributed by atoms with E-state index in [1.165, 1.54) is 11.1 Å². The van der Waals surface area contributed by atoms with Gasteiger partial charge in [0.1, 0.15) is 0 Å². The lowest BCUT2D eigenvalue weighted by Crippen LogP contribution is -2.30. The number of aryl methyl sites for hydroxylation is 1. The van der Waals surface area contributed by atoms with Crippen LogP contribution in [0.15, 0.2) is 24.3 Å². The van der Waals surface area contributed by atoms with Crippen molar-refractivity contribution < 1.29 is 0 Å². The Morgan fingerprint density at radius 1 is 1.35 bits per heavy atom. The van der Waals surface area contributed by atoms with Gasteiger partial charge in [0.05, 0.1) is 0 Å². The lowest BCUT2D eigenvalue weighted by molar-refractivity contribution is 0.497. The fraction of sp³-hybridized carbons (Fsp3) is 0.500. The summed E-state index contributed by atoms with van der Waals surface area (Å²) >= 11 is 0. The van der Waals surface area contributed by atoms with Gasteiger partial charge in [-0.25, -0.2) is 0 Å². The summed E-state index contributed by atoms with van der Waals surface area (Å²) in [6.07, 6.45) is 3.21. The highest BCUT2D eigenvalue weighted by atomic mass is 14.9. The van der Waals surface area contributed by atoms with Gasteiger partial charge in [-0.05, 0) is 38.8 Å². The van der Waals surface area contributed by atoms with Gasteiger partial charge in [-0.1, -0.05) is 36.8 Å². The van der Waals surface area contributed by atoms with Crippen LogP contribution >= 0.6 is 0 Å². The summed E-state index contributed by atoms with van der Waals surface area (Å²) in [6.45, 7) is 7.24. The molecule has 0 saturated heterocycles. The highest BCUT2D eigenvalue weighted by Crippen LogP contribution is 2.09. The molecular formula is C16H23N. The van der Waals surface area contributed by atoms with Crippen molar-refractivity contribution in [3.63, 3.8) is 0 Å². The minimum Gasteiger partial charge on any atom is -0.314 e. The highest BCUT2D eigenvalue weighted by molar-refractivity contribution is 5.23. The van der Waals surface area contributed by atoms with Gasteiger partial charge in [0.25, 0.3) is 0 Å². The molecule has 1 aromatic rings. The topological polar surface area (TPSA) is 12.0 Å². The first-order chi connectivity index (χ1) is 8.26. The maximum atomic E-state index is 3.54. The van der Waals surface area contributed by atoms with E-state index in [0.717, 1.165) is 25.8 Å². The van der Waals surface area contributed by atoms with Crippen LogP contribution in [0.25, 0.3) is 0 Å². The van der Waals surface area contributed by atoms with Crippen molar-refractivity contribution in [3.8, 4) is 11.8 Å². The van der Waals surface area contributed by atoms with Crippen molar-refractivity contribution in [2.75, 3.05) is 6.54 Å². The Hall–Kier alpha value is -1.26. The van der Waals surface area contributed by atoms with E-state index in [4.69, 9.17) is 0 Å². The van der Waals surface area contributed by atoms with Crippen LogP contribution in [-0.4, -0.2) is 12.6 Å². The van der Waals surface area contributed by atoms with Crippen molar-refractivity contribution >= 4 is 0 Å². The van der Waals surface area contributed by atoms with Crippen LogP contribution in [-0.2, 0) is 6.42 Å². The Morgan fingerprint density at radius 3 is 2.82 bits per heavy atom. The number of hydrogen-bond donors (Lipinski definition) is 1. The average molecular weight is 229 g/mol. The Bertz CT molecular complexity index is 384. The molecule has 0 spiro atoms. The van der Waals surface area contributed by atoms with E-state index in [0.29, 0.717) is 6.04 Å². The van der Waals surface area contributed by atoms with Crippen molar-refractivity contribution in [1.29, 1.82) is 0 Å². The normalized spacial score (nSPS) is 11.7. The van der Waals surface area contributed by atoms with Gasteiger partial charge >= 0.3 is 0 Å². The number of likely N-dealkylation sites (N-methyl/N-ethyl adjacent to an activating group) is 1. The predicted molar refractivity (Wildman–Crippen MR) is 75.0 cm³/mol. The molecule has 1 nitrogen and oxygen atoms in total. The molecule has 0 saturated carbocycles. The van der Waals surface area contributed by atoms with Crippen molar-refractivity contribution in [3.05, 3.63) is 35.4 Å². The van der Waals surface area contributed by atoms with Crippen LogP contribution in [0.4, 0.5) is 0 Å². The Balaban J connectivity index is 2.55. The Morgan fingerprint density at radius 2 is 2.18 bits per heavy atom. The first-order valence-corrected chi connectivity index (χ1v) is 6.44. The number of rotatable bonds is 6. The Labute approximate surface area is 106 Å². The fourth-order valence-electron chi connectivity index (χ4n) is 2.06. The van der Waals surface area contributed by atoms with Crippen LogP contribution in [0.1, 0.15) is 37.8 Å². The molecule has 0 heterocycles. The quantitative estimate of drug-likeness (QED) is 0.738. The minimum absolute atomic E-state index is 0.544. The second-order valence-corrected chi connectivity index (χ2v) is 4.41. The molecule has 0 aliphatic heterocycles. The summed E-state index contributed by atoms with van der Waals surface area (Å²) in [7, 11) is 0. The van der Waals surface area contributed by atoms with Gasteiger partial charge in [0.15, 0.2) is 0 Å². The number of nitrogens with one attached hydrogen (secondary N) is 1. The third kappa shape index (κ3) is 5.56. The molecule has 1 atom stereocenters. The smallest absolute Gasteiger partial charge is 0.0116 e. The third-order valence-corrected chi connectivity index (χ3v) is 2.85. The van der Waals surface area contributed by atoms with E-state index in [1.54, 1.807) is 0 Å². The first kappa shape index (κ1) is 13.8. The molecule has 1 unspecified atom stereocenters. The molecule has 0 aliphatic rings. The van der Waals surface area contributed by atoms with Gasteiger partial charge < -0.3 is 5.32 Å². The molecular weight excluding hydrogens is 206 g/mol. The standard InChI is InChI=1S/C16H23N/c1-4-6-7-11-16(17-5-2)13-15-10-8-9-14(3)12-15/h8-10,12,16-17H,5,7,11,13H2,1-3H3. The molecule has 0 amide bonds. The molecule has 0 radical (unpaired) electrons. The minimum atomic E-state index is 0.544. The summed E-state index contributed by atoms with van der Waals surface area (Å²) in [4.78, 5) is 0. The summed E-state index contributed by atoms with van der Waals surface area (Å²) < 4.78 is 0. The van der Waals surface area contributed by atoms with E-state index in [-0.39, 0.29) is 0 Å². The molecule has 17 heavy (non-hydrogen) atoms. The molecule has 1 N–H and O–H groups in total. The molecule has 1 heteroatoms. The molecule has 92 valence electrons. The maximum Gasteiger partial charge on any atom is 0.0116 e. The Kier molecular flexibility index (Phi) is 6.43. The van der Waals surface area contributed by atoms with Crippen LogP contribution < -0.4 is 5.32 Å². The predicted octanol–water partition coefficient (Wildman–Crippen LogP) is 3.32. The van der Waals surface area contributed by atoms with Crippen molar-refractivity contribution in [1.82, 2.24) is 5.32 Å². The van der Waals surface area contributed by atoms with E-state index in [2.05, 4.69) is 55.3 Å². The monoisotopic (exact) mass is 229 g/mol. The van der Waals surface area contributed by atoms with E-state index < -0.39 is 0 Å². The molecule has 0 bridgehead atoms. The van der Waals surface area contributed by atoms with Gasteiger partial charge in [-0.2, -0.15) is 0 Å². The van der Waals surface area contributed by atoms with Gasteiger partial charge in [-0.15, -0.1) is 11.8 Å². The van der Waals surface area contributed by atoms with Crippen molar-refractivity contribution in [2.24, 2.45) is 0 Å². The second-order valence-electron chi connectivity index (χ2n) is 4.41. The zero-order valence-electron chi connectivity index (χ0n) is 11.2. The molecule has 1 aromatic carbocycles. The lowest BCUT2D eigenvalue weighted by Gasteiger charge is -2.17. The lowest BCUT2D eigenvalue weighted by atomic mass is 10.0. The molecule has 0 fully saturated rings. The largest absolute Gasteiger partial charge is 0.314 e. The number of benzene rings is 1. The van der Waals surface area contributed by atoms with Crippen LogP contribution in [0, 0.1) is 18.8 Å². The van der Waals surface area contributed by atoms with E-state index in [1.807, 2.05) is 6.92 Å². The first-order valence-electron chi connectivity index (χ1n) is 6.44. The fourth-order valence-corrected chi connectivity index (χ4v) is 2.06.